The zero-order valence-corrected chi connectivity index (χ0v) is 13.2. The van der Waals surface area contributed by atoms with Crippen LogP contribution in [0.2, 0.25) is 0 Å². The molecule has 0 aliphatic heterocycles. The van der Waals surface area contributed by atoms with Gasteiger partial charge in [0.2, 0.25) is 0 Å². The summed E-state index contributed by atoms with van der Waals surface area (Å²) in [6, 6.07) is 3.20. The Kier molecular flexibility index (Phi) is 7.43. The molecule has 0 aromatic carbocycles. The summed E-state index contributed by atoms with van der Waals surface area (Å²) in [7, 11) is 0. The van der Waals surface area contributed by atoms with Gasteiger partial charge in [0, 0.05) is 31.4 Å². The molecule has 116 valence electrons. The molecule has 0 saturated heterocycles. The monoisotopic (exact) mass is 291 g/mol. The fourth-order valence-electron chi connectivity index (χ4n) is 2.04. The standard InChI is InChI=1S/C16H25N3O2/c1-4-7-8-10-18-15(20)13-9-11-17-14(12-13)16(21)19(5-2)6-3/h9,11-12H,4-8,10H2,1-3H3,(H,18,20). The molecule has 0 aliphatic carbocycles. The fraction of sp³-hybridized carbons (Fsp3) is 0.562. The molecule has 1 heterocycles. The lowest BCUT2D eigenvalue weighted by Gasteiger charge is -2.18. The van der Waals surface area contributed by atoms with E-state index in [4.69, 9.17) is 0 Å². The third-order valence-electron chi connectivity index (χ3n) is 3.36. The molecule has 1 aromatic rings. The van der Waals surface area contributed by atoms with Crippen LogP contribution in [0.25, 0.3) is 0 Å². The van der Waals surface area contributed by atoms with Gasteiger partial charge in [-0.25, -0.2) is 0 Å². The first-order valence-electron chi connectivity index (χ1n) is 7.67. The Morgan fingerprint density at radius 2 is 1.90 bits per heavy atom. The van der Waals surface area contributed by atoms with E-state index >= 15 is 0 Å². The highest BCUT2D eigenvalue weighted by atomic mass is 16.2. The molecule has 2 amide bonds. The van der Waals surface area contributed by atoms with Crippen LogP contribution in [-0.4, -0.2) is 41.3 Å². The Morgan fingerprint density at radius 3 is 2.52 bits per heavy atom. The van der Waals surface area contributed by atoms with Gasteiger partial charge in [-0.1, -0.05) is 19.8 Å². The zero-order valence-electron chi connectivity index (χ0n) is 13.2. The van der Waals surface area contributed by atoms with Gasteiger partial charge >= 0.3 is 0 Å². The molecule has 21 heavy (non-hydrogen) atoms. The van der Waals surface area contributed by atoms with Crippen LogP contribution >= 0.6 is 0 Å². The summed E-state index contributed by atoms with van der Waals surface area (Å²) in [5.74, 6) is -0.289. The van der Waals surface area contributed by atoms with Gasteiger partial charge in [0.1, 0.15) is 5.69 Å². The predicted octanol–water partition coefficient (Wildman–Crippen LogP) is 2.48. The molecule has 1 rings (SSSR count). The highest BCUT2D eigenvalue weighted by Gasteiger charge is 2.15. The minimum Gasteiger partial charge on any atom is -0.352 e. The van der Waals surface area contributed by atoms with Gasteiger partial charge in [0.25, 0.3) is 11.8 Å². The third kappa shape index (κ3) is 5.17. The summed E-state index contributed by atoms with van der Waals surface area (Å²) in [5, 5.41) is 2.87. The van der Waals surface area contributed by atoms with Gasteiger partial charge in [0.15, 0.2) is 0 Å². The maximum atomic E-state index is 12.2. The van der Waals surface area contributed by atoms with E-state index in [-0.39, 0.29) is 11.8 Å². The van der Waals surface area contributed by atoms with Crippen molar-refractivity contribution in [3.05, 3.63) is 29.6 Å². The lowest BCUT2D eigenvalue weighted by molar-refractivity contribution is 0.0767. The second-order valence-electron chi connectivity index (χ2n) is 4.87. The lowest BCUT2D eigenvalue weighted by Crippen LogP contribution is -2.31. The van der Waals surface area contributed by atoms with Crippen LogP contribution < -0.4 is 5.32 Å². The normalized spacial score (nSPS) is 10.2. The maximum Gasteiger partial charge on any atom is 0.272 e. The van der Waals surface area contributed by atoms with Crippen LogP contribution in [0, 0.1) is 0 Å². The van der Waals surface area contributed by atoms with E-state index in [1.165, 1.54) is 6.20 Å². The van der Waals surface area contributed by atoms with E-state index in [0.717, 1.165) is 19.3 Å². The second kappa shape index (κ2) is 9.10. The molecule has 0 unspecified atom stereocenters. The van der Waals surface area contributed by atoms with E-state index in [1.54, 1.807) is 17.0 Å². The Morgan fingerprint density at radius 1 is 1.19 bits per heavy atom. The number of amides is 2. The van der Waals surface area contributed by atoms with E-state index < -0.39 is 0 Å². The number of nitrogens with zero attached hydrogens (tertiary/aromatic N) is 2. The summed E-state index contributed by atoms with van der Waals surface area (Å²) in [5.41, 5.74) is 0.803. The van der Waals surface area contributed by atoms with Crippen LogP contribution in [0.15, 0.2) is 18.3 Å². The third-order valence-corrected chi connectivity index (χ3v) is 3.36. The Bertz CT molecular complexity index is 470. The highest BCUT2D eigenvalue weighted by Crippen LogP contribution is 2.06. The van der Waals surface area contributed by atoms with Gasteiger partial charge in [-0.3, -0.25) is 14.6 Å². The number of aromatic nitrogens is 1. The fourth-order valence-corrected chi connectivity index (χ4v) is 2.04. The molecule has 1 aromatic heterocycles. The first-order valence-corrected chi connectivity index (χ1v) is 7.67. The quantitative estimate of drug-likeness (QED) is 0.748. The number of unbranched alkanes of at least 4 members (excludes halogenated alkanes) is 2. The number of hydrogen-bond donors (Lipinski definition) is 1. The topological polar surface area (TPSA) is 62.3 Å². The molecule has 0 aliphatic rings. The molecule has 0 spiro atoms. The van der Waals surface area contributed by atoms with Crippen LogP contribution in [0.3, 0.4) is 0 Å². The maximum absolute atomic E-state index is 12.2. The molecule has 0 fully saturated rings. The van der Waals surface area contributed by atoms with Crippen LogP contribution in [0.4, 0.5) is 0 Å². The Hall–Kier alpha value is -1.91. The number of rotatable bonds is 8. The predicted molar refractivity (Wildman–Crippen MR) is 83.3 cm³/mol. The summed E-state index contributed by atoms with van der Waals surface area (Å²) >= 11 is 0. The Labute approximate surface area is 126 Å². The molecule has 0 bridgehead atoms. The highest BCUT2D eigenvalue weighted by molar-refractivity contribution is 5.98. The van der Waals surface area contributed by atoms with Crippen LogP contribution in [0.1, 0.15) is 60.9 Å². The van der Waals surface area contributed by atoms with Gasteiger partial charge in [0.05, 0.1) is 0 Å². The Balaban J connectivity index is 2.71. The van der Waals surface area contributed by atoms with Crippen LogP contribution in [-0.2, 0) is 0 Å². The molecule has 5 nitrogen and oxygen atoms in total. The molecular formula is C16H25N3O2. The number of hydrogen-bond acceptors (Lipinski definition) is 3. The van der Waals surface area contributed by atoms with E-state index in [0.29, 0.717) is 30.9 Å². The van der Waals surface area contributed by atoms with Crippen molar-refractivity contribution in [3.8, 4) is 0 Å². The summed E-state index contributed by atoms with van der Waals surface area (Å²) in [4.78, 5) is 30.0. The average Bonchev–Trinajstić information content (AvgIpc) is 2.52. The van der Waals surface area contributed by atoms with Gasteiger partial charge in [-0.05, 0) is 32.4 Å². The lowest BCUT2D eigenvalue weighted by atomic mass is 10.2. The number of pyridine rings is 1. The van der Waals surface area contributed by atoms with Crippen molar-refractivity contribution in [2.75, 3.05) is 19.6 Å². The summed E-state index contributed by atoms with van der Waals surface area (Å²) in [6.07, 6.45) is 4.70. The van der Waals surface area contributed by atoms with E-state index in [9.17, 15) is 9.59 Å². The molecule has 0 radical (unpaired) electrons. The van der Waals surface area contributed by atoms with Crippen molar-refractivity contribution in [2.24, 2.45) is 0 Å². The van der Waals surface area contributed by atoms with Crippen molar-refractivity contribution in [2.45, 2.75) is 40.0 Å². The summed E-state index contributed by atoms with van der Waals surface area (Å²) in [6.45, 7) is 7.89. The van der Waals surface area contributed by atoms with Crippen molar-refractivity contribution in [1.82, 2.24) is 15.2 Å². The molecule has 5 heteroatoms. The van der Waals surface area contributed by atoms with Crippen molar-refractivity contribution in [3.63, 3.8) is 0 Å². The molecule has 0 atom stereocenters. The van der Waals surface area contributed by atoms with E-state index in [2.05, 4.69) is 17.2 Å². The van der Waals surface area contributed by atoms with Gasteiger partial charge in [-0.15, -0.1) is 0 Å². The van der Waals surface area contributed by atoms with Crippen molar-refractivity contribution in [1.29, 1.82) is 0 Å². The SMILES string of the molecule is CCCCCNC(=O)c1ccnc(C(=O)N(CC)CC)c1. The van der Waals surface area contributed by atoms with Gasteiger partial charge in [-0.2, -0.15) is 0 Å². The number of nitrogens with one attached hydrogen (secondary N) is 1. The molecular weight excluding hydrogens is 266 g/mol. The first kappa shape index (κ1) is 17.1. The molecule has 0 saturated carbocycles. The van der Waals surface area contributed by atoms with Crippen molar-refractivity contribution >= 4 is 11.8 Å². The number of carbonyl (C=O) groups is 2. The van der Waals surface area contributed by atoms with Crippen molar-refractivity contribution < 1.29 is 9.59 Å². The average molecular weight is 291 g/mol. The van der Waals surface area contributed by atoms with E-state index in [1.807, 2.05) is 13.8 Å². The minimum atomic E-state index is -0.151. The minimum absolute atomic E-state index is 0.138. The van der Waals surface area contributed by atoms with Gasteiger partial charge < -0.3 is 10.2 Å². The molecule has 1 N–H and O–H groups in total. The first-order chi connectivity index (χ1) is 10.1. The number of carbonyl (C=O) groups excluding carboxylic acids is 2. The largest absolute Gasteiger partial charge is 0.352 e. The second-order valence-corrected chi connectivity index (χ2v) is 4.87. The van der Waals surface area contributed by atoms with Crippen LogP contribution in [0.5, 0.6) is 0 Å². The smallest absolute Gasteiger partial charge is 0.272 e. The zero-order chi connectivity index (χ0) is 15.7. The summed E-state index contributed by atoms with van der Waals surface area (Å²) < 4.78 is 0.